The summed E-state index contributed by atoms with van der Waals surface area (Å²) in [6.07, 6.45) is 3.12. The van der Waals surface area contributed by atoms with E-state index in [0.29, 0.717) is 17.6 Å². The molecule has 1 amide bonds. The van der Waals surface area contributed by atoms with Gasteiger partial charge in [-0.25, -0.2) is 4.79 Å². The van der Waals surface area contributed by atoms with Crippen LogP contribution in [-0.4, -0.2) is 53.2 Å². The van der Waals surface area contributed by atoms with Crippen LogP contribution in [-0.2, 0) is 4.74 Å². The predicted molar refractivity (Wildman–Crippen MR) is 104 cm³/mol. The summed E-state index contributed by atoms with van der Waals surface area (Å²) in [6.45, 7) is 7.99. The van der Waals surface area contributed by atoms with E-state index in [-0.39, 0.29) is 12.1 Å². The highest BCUT2D eigenvalue weighted by Gasteiger charge is 2.36. The quantitative estimate of drug-likeness (QED) is 0.639. The van der Waals surface area contributed by atoms with Gasteiger partial charge in [0.15, 0.2) is 0 Å². The van der Waals surface area contributed by atoms with Crippen molar-refractivity contribution in [1.29, 1.82) is 0 Å². The van der Waals surface area contributed by atoms with Gasteiger partial charge < -0.3 is 9.64 Å². The largest absolute Gasteiger partial charge is 0.444 e. The van der Waals surface area contributed by atoms with Crippen LogP contribution in [0.1, 0.15) is 45.6 Å². The molecule has 0 aromatic heterocycles. The number of carbonyl (C=O) groups excluding carboxylic acids is 1. The Kier molecular flexibility index (Phi) is 5.79. The molecule has 26 heavy (non-hydrogen) atoms. The molecule has 2 atom stereocenters. The minimum atomic E-state index is -0.453. The smallest absolute Gasteiger partial charge is 0.410 e. The molecule has 2 heterocycles. The first-order valence-electron chi connectivity index (χ1n) is 9.32. The van der Waals surface area contributed by atoms with Gasteiger partial charge in [-0.2, -0.15) is 0 Å². The van der Waals surface area contributed by atoms with Gasteiger partial charge in [0, 0.05) is 36.3 Å². The van der Waals surface area contributed by atoms with E-state index in [0.717, 1.165) is 37.9 Å². The van der Waals surface area contributed by atoms with Crippen LogP contribution in [0, 0.1) is 11.8 Å². The molecule has 2 aliphatic rings. The van der Waals surface area contributed by atoms with Crippen molar-refractivity contribution in [3.8, 4) is 11.8 Å². The lowest BCUT2D eigenvalue weighted by molar-refractivity contribution is -0.00905. The molecule has 5 heteroatoms. The third kappa shape index (κ3) is 4.93. The summed E-state index contributed by atoms with van der Waals surface area (Å²) in [4.78, 5) is 16.7. The van der Waals surface area contributed by atoms with Crippen molar-refractivity contribution >= 4 is 17.7 Å². The molecule has 0 bridgehead atoms. The second kappa shape index (κ2) is 7.90. The molecule has 1 unspecified atom stereocenters. The Morgan fingerprint density at radius 3 is 2.81 bits per heavy atom. The van der Waals surface area contributed by atoms with Crippen molar-refractivity contribution in [2.24, 2.45) is 0 Å². The lowest BCUT2D eigenvalue weighted by Crippen LogP contribution is -2.59. The lowest BCUT2D eigenvalue weighted by atomic mass is 9.93. The zero-order valence-electron chi connectivity index (χ0n) is 15.8. The van der Waals surface area contributed by atoms with Crippen molar-refractivity contribution in [3.05, 3.63) is 34.9 Å². The van der Waals surface area contributed by atoms with Gasteiger partial charge in [-0.15, -0.1) is 0 Å². The van der Waals surface area contributed by atoms with E-state index in [9.17, 15) is 4.79 Å². The summed E-state index contributed by atoms with van der Waals surface area (Å²) < 4.78 is 5.53. The van der Waals surface area contributed by atoms with Gasteiger partial charge in [0.2, 0.25) is 0 Å². The number of rotatable bonds is 0. The molecular weight excluding hydrogens is 348 g/mol. The third-order valence-electron chi connectivity index (χ3n) is 4.80. The van der Waals surface area contributed by atoms with Gasteiger partial charge in [0.1, 0.15) is 5.60 Å². The molecule has 0 saturated carbocycles. The first kappa shape index (κ1) is 19.1. The molecule has 0 aliphatic carbocycles. The van der Waals surface area contributed by atoms with E-state index in [1.54, 1.807) is 0 Å². The fourth-order valence-corrected chi connectivity index (χ4v) is 3.82. The molecule has 2 aliphatic heterocycles. The standard InChI is InChI=1S/C21H27ClN2O2/c1-21(2,3)26-20(25)23-12-13-24-18(8-5-9-19(24)15-23)11-10-16-6-4-7-17(22)14-16/h4,6-7,14,18-19H,5,8-9,12-13,15H2,1-3H3/t18?,19-/m0/s1. The van der Waals surface area contributed by atoms with Crippen LogP contribution in [0.15, 0.2) is 24.3 Å². The summed E-state index contributed by atoms with van der Waals surface area (Å²) in [5.41, 5.74) is 0.498. The first-order valence-corrected chi connectivity index (χ1v) is 9.70. The van der Waals surface area contributed by atoms with E-state index in [4.69, 9.17) is 16.3 Å². The Hall–Kier alpha value is -1.70. The average Bonchev–Trinajstić information content (AvgIpc) is 2.58. The van der Waals surface area contributed by atoms with E-state index < -0.39 is 5.60 Å². The van der Waals surface area contributed by atoms with Crippen LogP contribution >= 0.6 is 11.6 Å². The van der Waals surface area contributed by atoms with Crippen LogP contribution in [0.2, 0.25) is 5.02 Å². The SMILES string of the molecule is CC(C)(C)OC(=O)N1CCN2C(C#Cc3cccc(Cl)c3)CCC[C@H]2C1. The number of ether oxygens (including phenoxy) is 1. The number of piperidine rings is 1. The fraction of sp³-hybridized carbons (Fsp3) is 0.571. The van der Waals surface area contributed by atoms with Crippen molar-refractivity contribution in [2.75, 3.05) is 19.6 Å². The summed E-state index contributed by atoms with van der Waals surface area (Å²) in [6, 6.07) is 8.28. The maximum Gasteiger partial charge on any atom is 0.410 e. The summed E-state index contributed by atoms with van der Waals surface area (Å²) in [7, 11) is 0. The number of hydrogen-bond acceptors (Lipinski definition) is 3. The van der Waals surface area contributed by atoms with Crippen molar-refractivity contribution in [3.63, 3.8) is 0 Å². The highest BCUT2D eigenvalue weighted by Crippen LogP contribution is 2.27. The Morgan fingerprint density at radius 2 is 2.08 bits per heavy atom. The highest BCUT2D eigenvalue weighted by molar-refractivity contribution is 6.30. The molecule has 3 rings (SSSR count). The van der Waals surface area contributed by atoms with Crippen molar-refractivity contribution in [2.45, 2.75) is 57.7 Å². The number of nitrogens with zero attached hydrogens (tertiary/aromatic N) is 2. The molecule has 140 valence electrons. The van der Waals surface area contributed by atoms with Gasteiger partial charge >= 0.3 is 6.09 Å². The van der Waals surface area contributed by atoms with Crippen LogP contribution in [0.4, 0.5) is 4.79 Å². The number of carbonyl (C=O) groups is 1. The zero-order chi connectivity index (χ0) is 18.7. The molecule has 1 aromatic rings. The number of piperazine rings is 1. The molecule has 2 saturated heterocycles. The Morgan fingerprint density at radius 1 is 1.27 bits per heavy atom. The van der Waals surface area contributed by atoms with Crippen LogP contribution in [0.3, 0.4) is 0 Å². The lowest BCUT2D eigenvalue weighted by Gasteiger charge is -2.46. The number of benzene rings is 1. The Balaban J connectivity index is 1.65. The summed E-state index contributed by atoms with van der Waals surface area (Å²) >= 11 is 6.04. The van der Waals surface area contributed by atoms with Gasteiger partial charge in [0.25, 0.3) is 0 Å². The van der Waals surface area contributed by atoms with Crippen molar-refractivity contribution in [1.82, 2.24) is 9.80 Å². The van der Waals surface area contributed by atoms with E-state index in [1.165, 1.54) is 0 Å². The molecule has 1 aromatic carbocycles. The second-order valence-corrected chi connectivity index (χ2v) is 8.48. The van der Waals surface area contributed by atoms with Crippen LogP contribution < -0.4 is 0 Å². The Bertz CT molecular complexity index is 717. The van der Waals surface area contributed by atoms with E-state index >= 15 is 0 Å². The minimum absolute atomic E-state index is 0.204. The average molecular weight is 375 g/mol. The van der Waals surface area contributed by atoms with Crippen LogP contribution in [0.5, 0.6) is 0 Å². The summed E-state index contributed by atoms with van der Waals surface area (Å²) in [5.74, 6) is 6.70. The van der Waals surface area contributed by atoms with Crippen molar-refractivity contribution < 1.29 is 9.53 Å². The Labute approximate surface area is 161 Å². The maximum atomic E-state index is 12.4. The molecule has 0 spiro atoms. The van der Waals surface area contributed by atoms with E-state index in [1.807, 2.05) is 49.9 Å². The third-order valence-corrected chi connectivity index (χ3v) is 5.04. The number of hydrogen-bond donors (Lipinski definition) is 0. The van der Waals surface area contributed by atoms with Crippen LogP contribution in [0.25, 0.3) is 0 Å². The second-order valence-electron chi connectivity index (χ2n) is 8.04. The molecule has 0 radical (unpaired) electrons. The fourth-order valence-electron chi connectivity index (χ4n) is 3.63. The van der Waals surface area contributed by atoms with Gasteiger partial charge in [-0.1, -0.05) is 29.5 Å². The first-order chi connectivity index (χ1) is 12.3. The minimum Gasteiger partial charge on any atom is -0.444 e. The number of halogens is 1. The predicted octanol–water partition coefficient (Wildman–Crippen LogP) is 4.17. The maximum absolute atomic E-state index is 12.4. The molecular formula is C21H27ClN2O2. The normalized spacial score (nSPS) is 23.6. The highest BCUT2D eigenvalue weighted by atomic mass is 35.5. The monoisotopic (exact) mass is 374 g/mol. The van der Waals surface area contributed by atoms with E-state index in [2.05, 4.69) is 16.7 Å². The number of amides is 1. The molecule has 4 nitrogen and oxygen atoms in total. The van der Waals surface area contributed by atoms with Gasteiger partial charge in [-0.05, 0) is 58.2 Å². The van der Waals surface area contributed by atoms with Gasteiger partial charge in [0.05, 0.1) is 6.04 Å². The zero-order valence-corrected chi connectivity index (χ0v) is 16.6. The molecule has 2 fully saturated rings. The molecule has 0 N–H and O–H groups in total. The number of fused-ring (bicyclic) bond motifs is 1. The topological polar surface area (TPSA) is 32.8 Å². The van der Waals surface area contributed by atoms with Gasteiger partial charge in [-0.3, -0.25) is 4.90 Å². The summed E-state index contributed by atoms with van der Waals surface area (Å²) in [5, 5.41) is 0.712.